The van der Waals surface area contributed by atoms with Gasteiger partial charge in [0.1, 0.15) is 47.0 Å². The van der Waals surface area contributed by atoms with Crippen molar-refractivity contribution in [1.29, 1.82) is 0 Å². The summed E-state index contributed by atoms with van der Waals surface area (Å²) in [6.07, 6.45) is 4.53. The average molecular weight is 893 g/mol. The van der Waals surface area contributed by atoms with Gasteiger partial charge < -0.3 is 48.4 Å². The van der Waals surface area contributed by atoms with Gasteiger partial charge in [-0.15, -0.1) is 0 Å². The summed E-state index contributed by atoms with van der Waals surface area (Å²) < 4.78 is 29.1. The van der Waals surface area contributed by atoms with Crippen molar-refractivity contribution in [2.75, 3.05) is 53.6 Å². The molecule has 0 saturated carbocycles. The number of hydrogen-bond acceptors (Lipinski definition) is 9. The molecule has 4 aromatic heterocycles. The fraction of sp³-hybridized carbons (Fsp3) is 0.422. The van der Waals surface area contributed by atoms with Crippen LogP contribution in [0.4, 0.5) is 0 Å². The zero-order valence-electron chi connectivity index (χ0n) is 38.3. The fourth-order valence-corrected chi connectivity index (χ4v) is 8.39. The predicted molar refractivity (Wildman–Crippen MR) is 241 cm³/mol. The van der Waals surface area contributed by atoms with Gasteiger partial charge in [0.2, 0.25) is 23.1 Å². The number of fused-ring (bicyclic) bond motifs is 2. The van der Waals surface area contributed by atoms with E-state index in [1.165, 1.54) is 7.11 Å². The van der Waals surface area contributed by atoms with Crippen molar-refractivity contribution < 1.29 is 37.9 Å². The van der Waals surface area contributed by atoms with Crippen LogP contribution in [0.5, 0.6) is 11.5 Å². The molecule has 4 amide bonds. The highest BCUT2D eigenvalue weighted by Gasteiger charge is 2.26. The van der Waals surface area contributed by atoms with E-state index in [0.717, 1.165) is 30.5 Å². The standard InChI is InChI=1S/C45H57N13O7/c1-9-56-34(22-28(3)50-56)42(61)48-44-52(5)32-24-30(40(46)59)26-36(63-8)38(32)54(44)14-11-12-15-55-39-33(53(6)45(55)49-43(62)35-23-29(4)51-57(35)10-2)25-31(41(47)60)27-37(39)65-19-13-16-58(7)17-20-64-21-18-58/h11-12,22-27H,9-10,13-21H2,1-8H3,(H3-,46,47,59,60)/p+1/b12-11+,48-44?,49-45?. The van der Waals surface area contributed by atoms with E-state index >= 15 is 0 Å². The Morgan fingerprint density at radius 1 is 0.754 bits per heavy atom. The van der Waals surface area contributed by atoms with E-state index in [0.29, 0.717) is 89.3 Å². The number of imidazole rings is 2. The highest BCUT2D eigenvalue weighted by Crippen LogP contribution is 2.29. The molecule has 1 fully saturated rings. The number of morpholine rings is 1. The lowest BCUT2D eigenvalue weighted by molar-refractivity contribution is -0.917. The molecule has 2 aromatic carbocycles. The van der Waals surface area contributed by atoms with Gasteiger partial charge in [-0.05, 0) is 64.1 Å². The van der Waals surface area contributed by atoms with Gasteiger partial charge in [0.25, 0.3) is 11.8 Å². The van der Waals surface area contributed by atoms with Crippen LogP contribution in [0, 0.1) is 13.8 Å². The number of hydrogen-bond donors (Lipinski definition) is 2. The molecule has 6 aromatic rings. The first-order valence-electron chi connectivity index (χ1n) is 21.6. The second-order valence-electron chi connectivity index (χ2n) is 16.4. The summed E-state index contributed by atoms with van der Waals surface area (Å²) in [7, 11) is 7.22. The predicted octanol–water partition coefficient (Wildman–Crippen LogP) is 2.51. The topological polar surface area (TPSA) is 228 Å². The zero-order valence-corrected chi connectivity index (χ0v) is 38.3. The third kappa shape index (κ3) is 9.30. The van der Waals surface area contributed by atoms with Gasteiger partial charge in [-0.2, -0.15) is 20.2 Å². The summed E-state index contributed by atoms with van der Waals surface area (Å²) in [6.45, 7) is 13.2. The molecule has 65 heavy (non-hydrogen) atoms. The van der Waals surface area contributed by atoms with Gasteiger partial charge in [-0.25, -0.2) is 0 Å². The highest BCUT2D eigenvalue weighted by molar-refractivity contribution is 6.00. The smallest absolute Gasteiger partial charge is 0.298 e. The number of quaternary nitrogens is 1. The number of aromatic nitrogens is 8. The first-order valence-corrected chi connectivity index (χ1v) is 21.6. The number of allylic oxidation sites excluding steroid dienone is 2. The van der Waals surface area contributed by atoms with Gasteiger partial charge in [-0.3, -0.25) is 28.5 Å². The van der Waals surface area contributed by atoms with E-state index in [1.54, 1.807) is 69.0 Å². The molecule has 0 bridgehead atoms. The number of amides is 4. The monoisotopic (exact) mass is 892 g/mol. The molecule has 0 atom stereocenters. The molecule has 1 aliphatic rings. The summed E-state index contributed by atoms with van der Waals surface area (Å²) in [4.78, 5) is 62.3. The number of methoxy groups -OCH3 is 1. The molecule has 4 N–H and O–H groups in total. The van der Waals surface area contributed by atoms with E-state index in [1.807, 2.05) is 49.0 Å². The number of rotatable bonds is 16. The molecular formula is C45H58N13O7+. The number of aryl methyl sites for hydroxylation is 6. The molecule has 20 nitrogen and oxygen atoms in total. The minimum Gasteiger partial charge on any atom is -0.494 e. The maximum Gasteiger partial charge on any atom is 0.298 e. The Labute approximate surface area is 375 Å². The molecule has 0 spiro atoms. The number of likely N-dealkylation sites (N-methyl/N-ethyl adjacent to an activating group) is 1. The summed E-state index contributed by atoms with van der Waals surface area (Å²) in [5, 5.41) is 8.89. The van der Waals surface area contributed by atoms with Gasteiger partial charge >= 0.3 is 0 Å². The number of ether oxygens (including phenoxy) is 3. The van der Waals surface area contributed by atoms with Gasteiger partial charge in [0.15, 0.2) is 0 Å². The van der Waals surface area contributed by atoms with Crippen molar-refractivity contribution in [2.24, 2.45) is 35.5 Å². The summed E-state index contributed by atoms with van der Waals surface area (Å²) in [5.74, 6) is -1.52. The van der Waals surface area contributed by atoms with Crippen molar-refractivity contribution in [1.82, 2.24) is 37.8 Å². The summed E-state index contributed by atoms with van der Waals surface area (Å²) in [5.41, 5.74) is 16.9. The molecule has 344 valence electrons. The van der Waals surface area contributed by atoms with E-state index in [-0.39, 0.29) is 35.5 Å². The number of benzene rings is 2. The molecule has 5 heterocycles. The second kappa shape index (κ2) is 19.0. The maximum absolute atomic E-state index is 14.0. The van der Waals surface area contributed by atoms with Crippen LogP contribution in [0.3, 0.4) is 0 Å². The van der Waals surface area contributed by atoms with Crippen molar-refractivity contribution in [3.05, 3.63) is 93.7 Å². The number of nitrogens with zero attached hydrogens (tertiary/aromatic N) is 11. The first kappa shape index (κ1) is 45.9. The van der Waals surface area contributed by atoms with Crippen LogP contribution in [0.1, 0.15) is 73.3 Å². The van der Waals surface area contributed by atoms with Crippen molar-refractivity contribution >= 4 is 45.7 Å². The Balaban J connectivity index is 1.34. The first-order chi connectivity index (χ1) is 31.1. The quantitative estimate of drug-likeness (QED) is 0.0826. The Morgan fingerprint density at radius 2 is 1.22 bits per heavy atom. The summed E-state index contributed by atoms with van der Waals surface area (Å²) >= 11 is 0. The lowest BCUT2D eigenvalue weighted by atomic mass is 10.1. The second-order valence-corrected chi connectivity index (χ2v) is 16.4. The summed E-state index contributed by atoms with van der Waals surface area (Å²) in [6, 6.07) is 9.88. The fourth-order valence-electron chi connectivity index (χ4n) is 8.39. The SMILES string of the molecule is CCn1nc(C)cc1C(=O)N=c1n(C)c2cc(C(N)=O)cc(OC)c2n1C/C=C/Cn1c(=NC(=O)c2cc(C)nn2CC)n(C)c2cc(C(N)=O)cc(OCCC[N+]3(C)CCOCC3)c21. The molecule has 0 radical (unpaired) electrons. The normalized spacial score (nSPS) is 14.6. The average Bonchev–Trinajstić information content (AvgIpc) is 4.01. The van der Waals surface area contributed by atoms with Crippen molar-refractivity contribution in [3.8, 4) is 11.5 Å². The number of carbonyl (C=O) groups excluding carboxylic acids is 4. The number of primary amides is 2. The highest BCUT2D eigenvalue weighted by atomic mass is 16.5. The minimum absolute atomic E-state index is 0.185. The van der Waals surface area contributed by atoms with E-state index in [4.69, 9.17) is 25.7 Å². The molecule has 1 saturated heterocycles. The van der Waals surface area contributed by atoms with E-state index in [9.17, 15) is 19.2 Å². The molecule has 0 aliphatic carbocycles. The van der Waals surface area contributed by atoms with Crippen LogP contribution < -0.4 is 32.2 Å². The van der Waals surface area contributed by atoms with Crippen molar-refractivity contribution in [3.63, 3.8) is 0 Å². The third-order valence-electron chi connectivity index (χ3n) is 11.9. The number of carbonyl (C=O) groups is 4. The Hall–Kier alpha value is -7.06. The lowest BCUT2D eigenvalue weighted by Crippen LogP contribution is -2.52. The maximum atomic E-state index is 14.0. The van der Waals surface area contributed by atoms with Gasteiger partial charge in [0.05, 0.1) is 62.9 Å². The Morgan fingerprint density at radius 3 is 1.66 bits per heavy atom. The Bertz CT molecular complexity index is 3000. The molecular weight excluding hydrogens is 835 g/mol. The largest absolute Gasteiger partial charge is 0.494 e. The van der Waals surface area contributed by atoms with Crippen LogP contribution in [0.2, 0.25) is 0 Å². The molecule has 0 unspecified atom stereocenters. The minimum atomic E-state index is -0.644. The molecule has 7 rings (SSSR count). The van der Waals surface area contributed by atoms with Crippen molar-refractivity contribution in [2.45, 2.75) is 60.3 Å². The lowest BCUT2D eigenvalue weighted by Gasteiger charge is -2.37. The zero-order chi connectivity index (χ0) is 46.7. The molecule has 20 heteroatoms. The van der Waals surface area contributed by atoms with Crippen LogP contribution in [-0.2, 0) is 45.0 Å². The van der Waals surface area contributed by atoms with E-state index in [2.05, 4.69) is 27.2 Å². The van der Waals surface area contributed by atoms with Crippen LogP contribution in [-0.4, -0.2) is 120 Å². The van der Waals surface area contributed by atoms with Crippen LogP contribution in [0.15, 0.2) is 58.5 Å². The van der Waals surface area contributed by atoms with Gasteiger partial charge in [0, 0.05) is 57.8 Å². The van der Waals surface area contributed by atoms with Crippen LogP contribution in [0.25, 0.3) is 22.1 Å². The van der Waals surface area contributed by atoms with Gasteiger partial charge in [-0.1, -0.05) is 12.2 Å². The molecule has 1 aliphatic heterocycles. The Kier molecular flexibility index (Phi) is 13.4. The number of nitrogens with two attached hydrogens (primary N) is 2. The van der Waals surface area contributed by atoms with E-state index < -0.39 is 23.6 Å². The third-order valence-corrected chi connectivity index (χ3v) is 11.9. The van der Waals surface area contributed by atoms with Crippen LogP contribution >= 0.6 is 0 Å².